The van der Waals surface area contributed by atoms with E-state index >= 15 is 0 Å². The summed E-state index contributed by atoms with van der Waals surface area (Å²) in [6, 6.07) is 12.4. The Morgan fingerprint density at radius 2 is 1.90 bits per heavy atom. The Morgan fingerprint density at radius 3 is 2.69 bits per heavy atom. The summed E-state index contributed by atoms with van der Waals surface area (Å²) >= 11 is 3.68. The zero-order valence-corrected chi connectivity index (χ0v) is 18.2. The molecule has 2 aromatic rings. The molecule has 0 aliphatic carbocycles. The van der Waals surface area contributed by atoms with Crippen molar-refractivity contribution in [3.05, 3.63) is 57.6 Å². The molecule has 1 saturated heterocycles. The maximum Gasteiger partial charge on any atom is 0.304 e. The molecule has 0 amide bonds. The normalized spacial score (nSPS) is 23.5. The first-order chi connectivity index (χ1) is 14.0. The van der Waals surface area contributed by atoms with Crippen LogP contribution < -0.4 is 9.47 Å². The highest BCUT2D eigenvalue weighted by Crippen LogP contribution is 2.37. The lowest BCUT2D eigenvalue weighted by molar-refractivity contribution is -0.208. The zero-order valence-electron chi connectivity index (χ0n) is 16.7. The van der Waals surface area contributed by atoms with Gasteiger partial charge in [0.25, 0.3) is 0 Å². The lowest BCUT2D eigenvalue weighted by Gasteiger charge is -2.33. The highest BCUT2D eigenvalue weighted by Gasteiger charge is 2.30. The van der Waals surface area contributed by atoms with E-state index in [-0.39, 0.29) is 12.1 Å². The van der Waals surface area contributed by atoms with E-state index in [1.54, 1.807) is 0 Å². The van der Waals surface area contributed by atoms with E-state index in [1.165, 1.54) is 12.5 Å². The molecule has 2 heterocycles. The molecule has 0 aromatic heterocycles. The number of hydrogen-bond acceptors (Lipinski definition) is 5. The second-order valence-corrected chi connectivity index (χ2v) is 8.60. The summed E-state index contributed by atoms with van der Waals surface area (Å²) in [5.74, 6) is 1.71. The van der Waals surface area contributed by atoms with E-state index in [0.717, 1.165) is 46.4 Å². The van der Waals surface area contributed by atoms with Crippen LogP contribution in [-0.4, -0.2) is 25.5 Å². The molecular formula is C23H25BrO5. The first-order valence-corrected chi connectivity index (χ1v) is 10.8. The van der Waals surface area contributed by atoms with Crippen LogP contribution in [-0.2, 0) is 20.7 Å². The Kier molecular flexibility index (Phi) is 6.11. The number of halogens is 1. The Hall–Kier alpha value is -2.05. The molecule has 0 saturated carbocycles. The van der Waals surface area contributed by atoms with Gasteiger partial charge in [-0.25, -0.2) is 0 Å². The van der Waals surface area contributed by atoms with Gasteiger partial charge in [0.1, 0.15) is 13.2 Å². The third kappa shape index (κ3) is 4.93. The summed E-state index contributed by atoms with van der Waals surface area (Å²) in [5.41, 5.74) is 3.43. The van der Waals surface area contributed by atoms with Gasteiger partial charge in [-0.05, 0) is 53.6 Å². The van der Waals surface area contributed by atoms with Gasteiger partial charge in [-0.15, -0.1) is 0 Å². The van der Waals surface area contributed by atoms with Gasteiger partial charge >= 0.3 is 5.97 Å². The van der Waals surface area contributed by atoms with E-state index in [0.29, 0.717) is 19.1 Å². The molecule has 3 unspecified atom stereocenters. The molecule has 0 N–H and O–H groups in total. The standard InChI is InChI=1S/C23H25BrO5/c1-14-9-21(29-23(10-14)28-15(2)25)17-4-5-19(24)18(13-17)11-16-3-6-20-22(12-16)27-8-7-26-20/h3-6,12-14,21,23H,7-11H2,1-2H3. The third-order valence-corrected chi connectivity index (χ3v) is 6.04. The van der Waals surface area contributed by atoms with Gasteiger partial charge in [0.05, 0.1) is 6.10 Å². The SMILES string of the molecule is CC(=O)OC1CC(C)CC(c2ccc(Br)c(Cc3ccc4c(c3)OCCO4)c2)O1. The van der Waals surface area contributed by atoms with Crippen molar-refractivity contribution in [2.45, 2.75) is 45.5 Å². The number of hydrogen-bond donors (Lipinski definition) is 0. The van der Waals surface area contributed by atoms with Crippen LogP contribution >= 0.6 is 15.9 Å². The topological polar surface area (TPSA) is 54.0 Å². The molecule has 0 bridgehead atoms. The van der Waals surface area contributed by atoms with E-state index < -0.39 is 6.29 Å². The fourth-order valence-corrected chi connectivity index (χ4v) is 4.30. The Morgan fingerprint density at radius 1 is 1.10 bits per heavy atom. The highest BCUT2D eigenvalue weighted by molar-refractivity contribution is 9.10. The molecule has 5 nitrogen and oxygen atoms in total. The van der Waals surface area contributed by atoms with E-state index in [9.17, 15) is 4.79 Å². The summed E-state index contributed by atoms with van der Waals surface area (Å²) in [6.07, 6.45) is 1.83. The fraction of sp³-hybridized carbons (Fsp3) is 0.435. The fourth-order valence-electron chi connectivity index (χ4n) is 3.91. The maximum atomic E-state index is 11.3. The third-order valence-electron chi connectivity index (χ3n) is 5.27. The highest BCUT2D eigenvalue weighted by atomic mass is 79.9. The largest absolute Gasteiger partial charge is 0.486 e. The Bertz CT molecular complexity index is 897. The predicted octanol–water partition coefficient (Wildman–Crippen LogP) is 5.19. The van der Waals surface area contributed by atoms with Crippen molar-refractivity contribution >= 4 is 21.9 Å². The van der Waals surface area contributed by atoms with Crippen LogP contribution in [0.2, 0.25) is 0 Å². The molecule has 4 rings (SSSR count). The van der Waals surface area contributed by atoms with Crippen molar-refractivity contribution in [1.82, 2.24) is 0 Å². The second kappa shape index (κ2) is 8.76. The molecule has 2 aromatic carbocycles. The Labute approximate surface area is 179 Å². The zero-order chi connectivity index (χ0) is 20.4. The van der Waals surface area contributed by atoms with E-state index in [2.05, 4.69) is 47.1 Å². The Balaban J connectivity index is 1.53. The number of rotatable bonds is 4. The smallest absolute Gasteiger partial charge is 0.304 e. The van der Waals surface area contributed by atoms with Crippen molar-refractivity contribution in [1.29, 1.82) is 0 Å². The van der Waals surface area contributed by atoms with E-state index in [1.807, 2.05) is 12.1 Å². The molecule has 0 spiro atoms. The first-order valence-electron chi connectivity index (χ1n) is 9.97. The lowest BCUT2D eigenvalue weighted by Crippen LogP contribution is -2.30. The van der Waals surface area contributed by atoms with Gasteiger partial charge in [-0.2, -0.15) is 0 Å². The van der Waals surface area contributed by atoms with Crippen molar-refractivity contribution in [2.24, 2.45) is 5.92 Å². The summed E-state index contributed by atoms with van der Waals surface area (Å²) < 4.78 is 23.8. The van der Waals surface area contributed by atoms with Gasteiger partial charge in [0.2, 0.25) is 6.29 Å². The number of esters is 1. The minimum atomic E-state index is -0.480. The monoisotopic (exact) mass is 460 g/mol. The predicted molar refractivity (Wildman–Crippen MR) is 112 cm³/mol. The lowest BCUT2D eigenvalue weighted by atomic mass is 9.91. The number of ether oxygens (including phenoxy) is 4. The minimum Gasteiger partial charge on any atom is -0.486 e. The van der Waals surface area contributed by atoms with Crippen LogP contribution in [0.3, 0.4) is 0 Å². The van der Waals surface area contributed by atoms with Crippen molar-refractivity contribution in [3.8, 4) is 11.5 Å². The van der Waals surface area contributed by atoms with Crippen molar-refractivity contribution < 1.29 is 23.7 Å². The molecule has 2 aliphatic heterocycles. The summed E-state index contributed by atoms with van der Waals surface area (Å²) in [7, 11) is 0. The summed E-state index contributed by atoms with van der Waals surface area (Å²) in [5, 5.41) is 0. The quantitative estimate of drug-likeness (QED) is 0.587. The van der Waals surface area contributed by atoms with Crippen LogP contribution in [0, 0.1) is 5.92 Å². The molecule has 154 valence electrons. The van der Waals surface area contributed by atoms with Crippen LogP contribution in [0.4, 0.5) is 0 Å². The van der Waals surface area contributed by atoms with Crippen LogP contribution in [0.5, 0.6) is 11.5 Å². The molecule has 6 heteroatoms. The maximum absolute atomic E-state index is 11.3. The minimum absolute atomic E-state index is 0.0878. The van der Waals surface area contributed by atoms with Crippen molar-refractivity contribution in [2.75, 3.05) is 13.2 Å². The van der Waals surface area contributed by atoms with Gasteiger partial charge in [0, 0.05) is 17.8 Å². The van der Waals surface area contributed by atoms with Crippen LogP contribution in [0.25, 0.3) is 0 Å². The van der Waals surface area contributed by atoms with Gasteiger partial charge in [-0.1, -0.05) is 41.1 Å². The average molecular weight is 461 g/mol. The van der Waals surface area contributed by atoms with Gasteiger partial charge < -0.3 is 18.9 Å². The number of fused-ring (bicyclic) bond motifs is 1. The molecule has 3 atom stereocenters. The van der Waals surface area contributed by atoms with Crippen molar-refractivity contribution in [3.63, 3.8) is 0 Å². The first kappa shape index (κ1) is 20.2. The average Bonchev–Trinajstić information content (AvgIpc) is 2.68. The van der Waals surface area contributed by atoms with Crippen LogP contribution in [0.1, 0.15) is 49.5 Å². The number of carbonyl (C=O) groups excluding carboxylic acids is 1. The van der Waals surface area contributed by atoms with E-state index in [4.69, 9.17) is 18.9 Å². The number of carbonyl (C=O) groups is 1. The second-order valence-electron chi connectivity index (χ2n) is 7.75. The summed E-state index contributed by atoms with van der Waals surface area (Å²) in [4.78, 5) is 11.3. The molecule has 29 heavy (non-hydrogen) atoms. The molecule has 2 aliphatic rings. The van der Waals surface area contributed by atoms with Crippen LogP contribution in [0.15, 0.2) is 40.9 Å². The van der Waals surface area contributed by atoms with Gasteiger partial charge in [-0.3, -0.25) is 4.79 Å². The van der Waals surface area contributed by atoms with Gasteiger partial charge in [0.15, 0.2) is 11.5 Å². The summed E-state index contributed by atoms with van der Waals surface area (Å²) in [6.45, 7) is 4.76. The molecular weight excluding hydrogens is 436 g/mol. The molecule has 0 radical (unpaired) electrons. The molecule has 1 fully saturated rings. The number of benzene rings is 2.